The summed E-state index contributed by atoms with van der Waals surface area (Å²) in [4.78, 5) is 11.8. The molecule has 5 heteroatoms. The third-order valence-electron chi connectivity index (χ3n) is 2.34. The van der Waals surface area contributed by atoms with Crippen molar-refractivity contribution < 1.29 is 13.9 Å². The summed E-state index contributed by atoms with van der Waals surface area (Å²) in [6.45, 7) is 4.63. The highest BCUT2D eigenvalue weighted by molar-refractivity contribution is 6.30. The minimum absolute atomic E-state index is 0.262. The number of nitrogens with one attached hydrogen (secondary N) is 1. The summed E-state index contributed by atoms with van der Waals surface area (Å²) in [6, 6.07) is 3.37. The third-order valence-corrected chi connectivity index (χ3v) is 2.56. The summed E-state index contributed by atoms with van der Waals surface area (Å²) in [5.41, 5.74) is 0.479. The molecule has 0 aliphatic heterocycles. The molecule has 18 heavy (non-hydrogen) atoms. The second kappa shape index (κ2) is 7.34. The summed E-state index contributed by atoms with van der Waals surface area (Å²) < 4.78 is 18.3. The second-order valence-electron chi connectivity index (χ2n) is 3.84. The molecule has 1 N–H and O–H groups in total. The molecule has 0 heterocycles. The minimum Gasteiger partial charge on any atom is -0.465 e. The maximum absolute atomic E-state index is 13.3. The van der Waals surface area contributed by atoms with Crippen LogP contribution in [0.25, 0.3) is 0 Å². The predicted octanol–water partition coefficient (Wildman–Crippen LogP) is 3.08. The summed E-state index contributed by atoms with van der Waals surface area (Å²) in [7, 11) is 0. The lowest BCUT2D eigenvalue weighted by Gasteiger charge is -2.17. The van der Waals surface area contributed by atoms with Gasteiger partial charge in [-0.15, -0.1) is 0 Å². The number of esters is 1. The zero-order valence-electron chi connectivity index (χ0n) is 10.5. The van der Waals surface area contributed by atoms with Crippen LogP contribution in [0.15, 0.2) is 18.2 Å². The van der Waals surface area contributed by atoms with E-state index in [9.17, 15) is 9.18 Å². The van der Waals surface area contributed by atoms with Crippen molar-refractivity contribution in [3.8, 4) is 0 Å². The average Bonchev–Trinajstić information content (AvgIpc) is 2.28. The van der Waals surface area contributed by atoms with E-state index in [-0.39, 0.29) is 11.6 Å². The Labute approximate surface area is 111 Å². The van der Waals surface area contributed by atoms with Crippen LogP contribution in [0, 0.1) is 5.82 Å². The molecule has 1 atom stereocenters. The Balaban J connectivity index is 2.96. The quantitative estimate of drug-likeness (QED) is 0.810. The third kappa shape index (κ3) is 4.27. The van der Waals surface area contributed by atoms with Gasteiger partial charge in [-0.1, -0.05) is 18.5 Å². The van der Waals surface area contributed by atoms with Gasteiger partial charge in [-0.2, -0.15) is 0 Å². The molecular formula is C13H17ClFNO2. The van der Waals surface area contributed by atoms with Gasteiger partial charge in [0, 0.05) is 5.02 Å². The molecule has 1 aromatic carbocycles. The Morgan fingerprint density at radius 2 is 2.17 bits per heavy atom. The maximum Gasteiger partial charge on any atom is 0.327 e. The van der Waals surface area contributed by atoms with Gasteiger partial charge in [0.15, 0.2) is 0 Å². The fourth-order valence-corrected chi connectivity index (χ4v) is 1.82. The van der Waals surface area contributed by atoms with Gasteiger partial charge in [0.1, 0.15) is 11.9 Å². The number of hydrogen-bond acceptors (Lipinski definition) is 3. The Hall–Kier alpha value is -1.13. The van der Waals surface area contributed by atoms with Gasteiger partial charge in [-0.05, 0) is 43.7 Å². The molecule has 0 saturated heterocycles. The highest BCUT2D eigenvalue weighted by Crippen LogP contribution is 2.21. The van der Waals surface area contributed by atoms with E-state index in [2.05, 4.69) is 5.32 Å². The van der Waals surface area contributed by atoms with E-state index < -0.39 is 17.8 Å². The standard InChI is InChI=1S/C13H17ClFNO2/c1-3-5-16-12(13(17)18-4-2)9-6-10(14)8-11(15)7-9/h6-8,12,16H,3-5H2,1-2H3. The number of carbonyl (C=O) groups excluding carboxylic acids is 1. The maximum atomic E-state index is 13.3. The van der Waals surface area contributed by atoms with Gasteiger partial charge in [0.2, 0.25) is 0 Å². The van der Waals surface area contributed by atoms with Crippen LogP contribution in [0.4, 0.5) is 4.39 Å². The Morgan fingerprint density at radius 1 is 1.44 bits per heavy atom. The molecule has 1 unspecified atom stereocenters. The van der Waals surface area contributed by atoms with E-state index in [0.717, 1.165) is 6.42 Å². The second-order valence-corrected chi connectivity index (χ2v) is 4.28. The summed E-state index contributed by atoms with van der Waals surface area (Å²) in [6.07, 6.45) is 0.860. The van der Waals surface area contributed by atoms with E-state index in [1.54, 1.807) is 13.0 Å². The van der Waals surface area contributed by atoms with Gasteiger partial charge in [0.05, 0.1) is 6.61 Å². The van der Waals surface area contributed by atoms with Crippen molar-refractivity contribution in [2.75, 3.05) is 13.2 Å². The van der Waals surface area contributed by atoms with Crippen molar-refractivity contribution in [3.05, 3.63) is 34.6 Å². The van der Waals surface area contributed by atoms with Crippen molar-refractivity contribution in [2.45, 2.75) is 26.3 Å². The van der Waals surface area contributed by atoms with Crippen LogP contribution in [-0.4, -0.2) is 19.1 Å². The van der Waals surface area contributed by atoms with E-state index in [4.69, 9.17) is 16.3 Å². The number of hydrogen-bond donors (Lipinski definition) is 1. The zero-order valence-corrected chi connectivity index (χ0v) is 11.3. The molecule has 0 fully saturated rings. The molecular weight excluding hydrogens is 257 g/mol. The lowest BCUT2D eigenvalue weighted by molar-refractivity contribution is -0.145. The molecule has 0 aliphatic rings. The molecule has 0 aromatic heterocycles. The van der Waals surface area contributed by atoms with E-state index in [0.29, 0.717) is 12.1 Å². The van der Waals surface area contributed by atoms with Crippen LogP contribution in [0.5, 0.6) is 0 Å². The number of ether oxygens (including phenoxy) is 1. The molecule has 1 aromatic rings. The summed E-state index contributed by atoms with van der Waals surface area (Å²) in [5.74, 6) is -0.891. The summed E-state index contributed by atoms with van der Waals surface area (Å²) in [5, 5.41) is 3.29. The van der Waals surface area contributed by atoms with Crippen LogP contribution < -0.4 is 5.32 Å². The number of benzene rings is 1. The predicted molar refractivity (Wildman–Crippen MR) is 69.1 cm³/mol. The smallest absolute Gasteiger partial charge is 0.327 e. The van der Waals surface area contributed by atoms with E-state index >= 15 is 0 Å². The Morgan fingerprint density at radius 3 is 2.72 bits per heavy atom. The van der Waals surface area contributed by atoms with E-state index in [1.165, 1.54) is 12.1 Å². The zero-order chi connectivity index (χ0) is 13.5. The first-order chi connectivity index (χ1) is 8.58. The lowest BCUT2D eigenvalue weighted by atomic mass is 10.1. The van der Waals surface area contributed by atoms with Crippen molar-refractivity contribution in [3.63, 3.8) is 0 Å². The first-order valence-electron chi connectivity index (χ1n) is 5.94. The van der Waals surface area contributed by atoms with Crippen molar-refractivity contribution in [1.82, 2.24) is 5.32 Å². The lowest BCUT2D eigenvalue weighted by Crippen LogP contribution is -2.31. The normalized spacial score (nSPS) is 12.2. The highest BCUT2D eigenvalue weighted by atomic mass is 35.5. The largest absolute Gasteiger partial charge is 0.465 e. The number of rotatable bonds is 6. The molecule has 0 saturated carbocycles. The molecule has 100 valence electrons. The Bertz CT molecular complexity index is 392. The van der Waals surface area contributed by atoms with Crippen LogP contribution in [-0.2, 0) is 9.53 Å². The van der Waals surface area contributed by atoms with Crippen molar-refractivity contribution in [1.29, 1.82) is 0 Å². The monoisotopic (exact) mass is 273 g/mol. The SMILES string of the molecule is CCCNC(C(=O)OCC)c1cc(F)cc(Cl)c1. The molecule has 0 aliphatic carbocycles. The van der Waals surface area contributed by atoms with Crippen molar-refractivity contribution >= 4 is 17.6 Å². The van der Waals surface area contributed by atoms with Crippen molar-refractivity contribution in [2.24, 2.45) is 0 Å². The van der Waals surface area contributed by atoms with Crippen LogP contribution in [0.3, 0.4) is 0 Å². The fraction of sp³-hybridized carbons (Fsp3) is 0.462. The molecule has 1 rings (SSSR count). The summed E-state index contributed by atoms with van der Waals surface area (Å²) >= 11 is 5.79. The first-order valence-corrected chi connectivity index (χ1v) is 6.32. The molecule has 3 nitrogen and oxygen atoms in total. The first kappa shape index (κ1) is 14.9. The van der Waals surface area contributed by atoms with Crippen LogP contribution in [0.2, 0.25) is 5.02 Å². The average molecular weight is 274 g/mol. The molecule has 0 amide bonds. The molecule has 0 bridgehead atoms. The highest BCUT2D eigenvalue weighted by Gasteiger charge is 2.22. The fourth-order valence-electron chi connectivity index (χ4n) is 1.59. The van der Waals surface area contributed by atoms with Crippen LogP contribution in [0.1, 0.15) is 31.9 Å². The van der Waals surface area contributed by atoms with Gasteiger partial charge < -0.3 is 10.1 Å². The molecule has 0 radical (unpaired) electrons. The molecule has 0 spiro atoms. The van der Waals surface area contributed by atoms with Gasteiger partial charge in [0.25, 0.3) is 0 Å². The van der Waals surface area contributed by atoms with Gasteiger partial charge in [-0.3, -0.25) is 0 Å². The van der Waals surface area contributed by atoms with E-state index in [1.807, 2.05) is 6.92 Å². The van der Waals surface area contributed by atoms with Crippen LogP contribution >= 0.6 is 11.6 Å². The number of carbonyl (C=O) groups is 1. The van der Waals surface area contributed by atoms with Gasteiger partial charge >= 0.3 is 5.97 Å². The van der Waals surface area contributed by atoms with Gasteiger partial charge in [-0.25, -0.2) is 9.18 Å². The number of halogens is 2. The topological polar surface area (TPSA) is 38.3 Å². The minimum atomic E-state index is -0.682. The Kier molecular flexibility index (Phi) is 6.09.